The predicted octanol–water partition coefficient (Wildman–Crippen LogP) is 2.78. The second-order valence-electron chi connectivity index (χ2n) is 4.81. The van der Waals surface area contributed by atoms with Crippen molar-refractivity contribution in [2.24, 2.45) is 0 Å². The van der Waals surface area contributed by atoms with Gasteiger partial charge in [-0.05, 0) is 56.1 Å². The predicted molar refractivity (Wildman–Crippen MR) is 83.9 cm³/mol. The molecule has 0 unspecified atom stereocenters. The van der Waals surface area contributed by atoms with Crippen LogP contribution < -0.4 is 10.1 Å². The summed E-state index contributed by atoms with van der Waals surface area (Å²) in [7, 11) is 0. The number of anilines is 1. The van der Waals surface area contributed by atoms with Crippen LogP contribution in [0.3, 0.4) is 0 Å². The van der Waals surface area contributed by atoms with Crippen LogP contribution in [0.15, 0.2) is 18.2 Å². The normalized spacial score (nSPS) is 10.3. The lowest BCUT2D eigenvalue weighted by molar-refractivity contribution is -0.139. The number of hydrogen-bond donors (Lipinski definition) is 2. The van der Waals surface area contributed by atoms with Crippen molar-refractivity contribution in [3.05, 3.63) is 39.9 Å². The third kappa shape index (κ3) is 3.62. The Morgan fingerprint density at radius 2 is 2.05 bits per heavy atom. The number of carboxylic acids is 1. The van der Waals surface area contributed by atoms with E-state index in [4.69, 9.17) is 9.84 Å². The average Bonchev–Trinajstić information content (AvgIpc) is 2.78. The van der Waals surface area contributed by atoms with Crippen molar-refractivity contribution < 1.29 is 19.4 Å². The fourth-order valence-electron chi connectivity index (χ4n) is 2.00. The van der Waals surface area contributed by atoms with E-state index in [1.165, 1.54) is 11.5 Å². The van der Waals surface area contributed by atoms with Crippen LogP contribution in [0, 0.1) is 20.8 Å². The lowest BCUT2D eigenvalue weighted by Gasteiger charge is -2.11. The van der Waals surface area contributed by atoms with E-state index in [1.807, 2.05) is 13.8 Å². The van der Waals surface area contributed by atoms with Gasteiger partial charge in [-0.15, -0.1) is 0 Å². The second kappa shape index (κ2) is 6.57. The first-order chi connectivity index (χ1) is 10.4. The molecule has 116 valence electrons. The first-order valence-corrected chi connectivity index (χ1v) is 7.35. The minimum Gasteiger partial charge on any atom is -0.482 e. The number of nitrogens with one attached hydrogen (secondary N) is 1. The Morgan fingerprint density at radius 1 is 1.32 bits per heavy atom. The summed E-state index contributed by atoms with van der Waals surface area (Å²) < 4.78 is 9.26. The quantitative estimate of drug-likeness (QED) is 0.884. The molecule has 1 amide bonds. The van der Waals surface area contributed by atoms with Crippen molar-refractivity contribution in [2.45, 2.75) is 20.8 Å². The molecule has 0 saturated heterocycles. The summed E-state index contributed by atoms with van der Waals surface area (Å²) in [5, 5.41) is 11.4. The highest BCUT2D eigenvalue weighted by Gasteiger charge is 2.16. The Labute approximate surface area is 131 Å². The Morgan fingerprint density at radius 3 is 2.59 bits per heavy atom. The zero-order valence-electron chi connectivity index (χ0n) is 12.5. The van der Waals surface area contributed by atoms with Crippen LogP contribution in [0.1, 0.15) is 26.5 Å². The summed E-state index contributed by atoms with van der Waals surface area (Å²) in [6.07, 6.45) is 0. The molecule has 0 radical (unpaired) electrons. The van der Waals surface area contributed by atoms with Crippen LogP contribution >= 0.6 is 11.5 Å². The molecular weight excluding hydrogens is 304 g/mol. The van der Waals surface area contributed by atoms with E-state index >= 15 is 0 Å². The molecule has 22 heavy (non-hydrogen) atoms. The largest absolute Gasteiger partial charge is 0.482 e. The summed E-state index contributed by atoms with van der Waals surface area (Å²) >= 11 is 1.30. The van der Waals surface area contributed by atoms with Gasteiger partial charge in [-0.1, -0.05) is 0 Å². The standard InChI is InChI=1S/C15H16N2O4S/c1-8-6-11(21-7-13(18)19)4-5-12(8)16-15(20)14-9(2)17-22-10(14)3/h4-6H,7H2,1-3H3,(H,16,20)(H,18,19). The third-order valence-corrected chi connectivity index (χ3v) is 3.91. The number of hydrogen-bond acceptors (Lipinski definition) is 5. The first kappa shape index (κ1) is 16.0. The average molecular weight is 320 g/mol. The Bertz CT molecular complexity index is 705. The molecule has 2 aromatic rings. The molecule has 0 fully saturated rings. The fraction of sp³-hybridized carbons (Fsp3) is 0.267. The van der Waals surface area contributed by atoms with Crippen LogP contribution in [0.2, 0.25) is 0 Å². The molecule has 7 heteroatoms. The molecule has 1 aromatic carbocycles. The number of benzene rings is 1. The maximum atomic E-state index is 12.3. The minimum atomic E-state index is -1.04. The summed E-state index contributed by atoms with van der Waals surface area (Å²) in [6.45, 7) is 5.07. The number of amides is 1. The summed E-state index contributed by atoms with van der Waals surface area (Å²) in [6, 6.07) is 5.00. The molecule has 0 atom stereocenters. The van der Waals surface area contributed by atoms with Crippen molar-refractivity contribution in [3.8, 4) is 5.75 Å². The Hall–Kier alpha value is -2.41. The van der Waals surface area contributed by atoms with E-state index in [2.05, 4.69) is 9.69 Å². The van der Waals surface area contributed by atoms with Crippen LogP contribution in [0.25, 0.3) is 0 Å². The van der Waals surface area contributed by atoms with E-state index < -0.39 is 12.6 Å². The topological polar surface area (TPSA) is 88.5 Å². The first-order valence-electron chi connectivity index (χ1n) is 6.58. The highest BCUT2D eigenvalue weighted by atomic mass is 32.1. The van der Waals surface area contributed by atoms with E-state index in [0.717, 1.165) is 10.4 Å². The summed E-state index contributed by atoms with van der Waals surface area (Å²) in [5.74, 6) is -0.792. The van der Waals surface area contributed by atoms with Gasteiger partial charge in [-0.3, -0.25) is 4.79 Å². The van der Waals surface area contributed by atoms with Crippen molar-refractivity contribution in [1.29, 1.82) is 0 Å². The molecule has 0 aliphatic heterocycles. The number of aryl methyl sites for hydroxylation is 3. The van der Waals surface area contributed by atoms with Gasteiger partial charge in [0.15, 0.2) is 6.61 Å². The smallest absolute Gasteiger partial charge is 0.341 e. The number of carbonyl (C=O) groups excluding carboxylic acids is 1. The lowest BCUT2D eigenvalue weighted by atomic mass is 10.1. The highest BCUT2D eigenvalue weighted by Crippen LogP contribution is 2.24. The number of ether oxygens (including phenoxy) is 1. The molecule has 0 saturated carbocycles. The number of carboxylic acid groups (broad SMARTS) is 1. The molecule has 0 aliphatic rings. The van der Waals surface area contributed by atoms with E-state index in [0.29, 0.717) is 22.7 Å². The minimum absolute atomic E-state index is 0.203. The molecular formula is C15H16N2O4S. The molecule has 1 heterocycles. The monoisotopic (exact) mass is 320 g/mol. The molecule has 6 nitrogen and oxygen atoms in total. The maximum absolute atomic E-state index is 12.3. The van der Waals surface area contributed by atoms with Gasteiger partial charge in [0.1, 0.15) is 5.75 Å². The lowest BCUT2D eigenvalue weighted by Crippen LogP contribution is -2.14. The van der Waals surface area contributed by atoms with Crippen LogP contribution in [0.4, 0.5) is 5.69 Å². The summed E-state index contributed by atoms with van der Waals surface area (Å²) in [5.41, 5.74) is 2.74. The number of nitrogens with zero attached hydrogens (tertiary/aromatic N) is 1. The van der Waals surface area contributed by atoms with Gasteiger partial charge in [0.2, 0.25) is 0 Å². The number of aromatic nitrogens is 1. The SMILES string of the molecule is Cc1cc(OCC(=O)O)ccc1NC(=O)c1c(C)nsc1C. The van der Waals surface area contributed by atoms with Crippen LogP contribution in [-0.4, -0.2) is 28.0 Å². The van der Waals surface area contributed by atoms with Crippen molar-refractivity contribution in [2.75, 3.05) is 11.9 Å². The third-order valence-electron chi connectivity index (χ3n) is 3.07. The van der Waals surface area contributed by atoms with Crippen LogP contribution in [-0.2, 0) is 4.79 Å². The zero-order valence-corrected chi connectivity index (χ0v) is 13.3. The van der Waals surface area contributed by atoms with E-state index in [1.54, 1.807) is 25.1 Å². The zero-order chi connectivity index (χ0) is 16.3. The van der Waals surface area contributed by atoms with Gasteiger partial charge >= 0.3 is 5.97 Å². The van der Waals surface area contributed by atoms with Crippen molar-refractivity contribution in [3.63, 3.8) is 0 Å². The number of rotatable bonds is 5. The second-order valence-corrected chi connectivity index (χ2v) is 5.79. The van der Waals surface area contributed by atoms with Gasteiger partial charge in [0, 0.05) is 10.6 Å². The molecule has 0 spiro atoms. The molecule has 1 aromatic heterocycles. The fourth-order valence-corrected chi connectivity index (χ4v) is 2.70. The van der Waals surface area contributed by atoms with Gasteiger partial charge in [-0.25, -0.2) is 4.79 Å². The molecule has 0 aliphatic carbocycles. The van der Waals surface area contributed by atoms with Crippen molar-refractivity contribution in [1.82, 2.24) is 4.37 Å². The molecule has 2 rings (SSSR count). The van der Waals surface area contributed by atoms with Crippen molar-refractivity contribution >= 4 is 29.1 Å². The summed E-state index contributed by atoms with van der Waals surface area (Å²) in [4.78, 5) is 23.7. The number of carbonyl (C=O) groups is 2. The van der Waals surface area contributed by atoms with Gasteiger partial charge < -0.3 is 15.2 Å². The van der Waals surface area contributed by atoms with E-state index in [-0.39, 0.29) is 5.91 Å². The van der Waals surface area contributed by atoms with Gasteiger partial charge in [0.05, 0.1) is 11.3 Å². The highest BCUT2D eigenvalue weighted by molar-refractivity contribution is 7.06. The molecule has 2 N–H and O–H groups in total. The Kier molecular flexibility index (Phi) is 4.77. The van der Waals surface area contributed by atoms with Gasteiger partial charge in [-0.2, -0.15) is 4.37 Å². The van der Waals surface area contributed by atoms with E-state index in [9.17, 15) is 9.59 Å². The number of aliphatic carboxylic acids is 1. The maximum Gasteiger partial charge on any atom is 0.341 e. The Balaban J connectivity index is 2.13. The molecule has 0 bridgehead atoms. The van der Waals surface area contributed by atoms with Gasteiger partial charge in [0.25, 0.3) is 5.91 Å². The van der Waals surface area contributed by atoms with Crippen LogP contribution in [0.5, 0.6) is 5.75 Å².